The average Bonchev–Trinajstić information content (AvgIpc) is 2.16. The van der Waals surface area contributed by atoms with Gasteiger partial charge in [-0.1, -0.05) is 6.92 Å². The van der Waals surface area contributed by atoms with Gasteiger partial charge in [-0.3, -0.25) is 19.8 Å². The second-order valence-electron chi connectivity index (χ2n) is 3.51. The molecule has 0 heterocycles. The van der Waals surface area contributed by atoms with Crippen LogP contribution >= 0.6 is 12.4 Å². The van der Waals surface area contributed by atoms with Crippen LogP contribution in [0.5, 0.6) is 0 Å². The number of rotatable bonds is 7. The van der Waals surface area contributed by atoms with Gasteiger partial charge in [0.25, 0.3) is 0 Å². The van der Waals surface area contributed by atoms with E-state index in [0.29, 0.717) is 13.1 Å². The zero-order valence-electron chi connectivity index (χ0n) is 10.6. The highest BCUT2D eigenvalue weighted by Gasteiger charge is 2.14. The van der Waals surface area contributed by atoms with E-state index in [9.17, 15) is 14.4 Å². The molecule has 0 aliphatic heterocycles. The third kappa shape index (κ3) is 9.86. The molecule has 3 N–H and O–H groups in total. The van der Waals surface area contributed by atoms with Crippen molar-refractivity contribution in [2.24, 2.45) is 0 Å². The lowest BCUT2D eigenvalue weighted by atomic mass is 10.4. The SMILES string of the molecule is CCCN(CC(=O)O)CC(=O)NC(=O)NCC.Cl. The summed E-state index contributed by atoms with van der Waals surface area (Å²) in [6.45, 7) is 4.23. The molecule has 0 aromatic heterocycles. The van der Waals surface area contributed by atoms with Crippen molar-refractivity contribution in [2.45, 2.75) is 20.3 Å². The number of nitrogens with zero attached hydrogens (tertiary/aromatic N) is 1. The van der Waals surface area contributed by atoms with Gasteiger partial charge < -0.3 is 10.4 Å². The van der Waals surface area contributed by atoms with Crippen LogP contribution in [0.2, 0.25) is 0 Å². The van der Waals surface area contributed by atoms with Crippen LogP contribution in [0.3, 0.4) is 0 Å². The summed E-state index contributed by atoms with van der Waals surface area (Å²) in [4.78, 5) is 34.4. The smallest absolute Gasteiger partial charge is 0.321 e. The van der Waals surface area contributed by atoms with Crippen LogP contribution in [0, 0.1) is 0 Å². The van der Waals surface area contributed by atoms with Crippen molar-refractivity contribution in [1.29, 1.82) is 0 Å². The molecular weight excluding hydrogens is 262 g/mol. The molecule has 0 bridgehead atoms. The molecule has 0 rings (SSSR count). The fraction of sp³-hybridized carbons (Fsp3) is 0.700. The van der Waals surface area contributed by atoms with Crippen molar-refractivity contribution in [3.05, 3.63) is 0 Å². The van der Waals surface area contributed by atoms with Crippen LogP contribution in [-0.2, 0) is 9.59 Å². The third-order valence-electron chi connectivity index (χ3n) is 1.86. The Morgan fingerprint density at radius 1 is 1.17 bits per heavy atom. The molecule has 0 aromatic rings. The fourth-order valence-electron chi connectivity index (χ4n) is 1.30. The van der Waals surface area contributed by atoms with Crippen molar-refractivity contribution in [2.75, 3.05) is 26.2 Å². The molecule has 0 saturated heterocycles. The standard InChI is InChI=1S/C10H19N3O4.ClH/c1-3-5-13(7-9(15)16)6-8(14)12-10(17)11-4-2;/h3-7H2,1-2H3,(H,15,16)(H2,11,12,14,17);1H. The number of hydrogen-bond donors (Lipinski definition) is 3. The molecule has 8 heteroatoms. The van der Waals surface area contributed by atoms with Crippen LogP contribution in [0.15, 0.2) is 0 Å². The maximum absolute atomic E-state index is 11.4. The highest BCUT2D eigenvalue weighted by atomic mass is 35.5. The highest BCUT2D eigenvalue weighted by molar-refractivity contribution is 5.95. The van der Waals surface area contributed by atoms with Gasteiger partial charge in [-0.05, 0) is 19.9 Å². The Morgan fingerprint density at radius 3 is 2.22 bits per heavy atom. The van der Waals surface area contributed by atoms with Gasteiger partial charge >= 0.3 is 12.0 Å². The number of carboxylic acid groups (broad SMARTS) is 1. The first-order chi connectivity index (χ1) is 7.99. The number of hydrogen-bond acceptors (Lipinski definition) is 4. The zero-order chi connectivity index (χ0) is 13.3. The molecule has 0 saturated carbocycles. The Morgan fingerprint density at radius 2 is 1.78 bits per heavy atom. The van der Waals surface area contributed by atoms with Gasteiger partial charge in [-0.25, -0.2) is 4.79 Å². The van der Waals surface area contributed by atoms with Gasteiger partial charge in [0.05, 0.1) is 13.1 Å². The number of urea groups is 1. The molecule has 7 nitrogen and oxygen atoms in total. The molecule has 0 aliphatic carbocycles. The molecule has 0 spiro atoms. The number of carboxylic acids is 1. The second-order valence-corrected chi connectivity index (χ2v) is 3.51. The van der Waals surface area contributed by atoms with Crippen LogP contribution < -0.4 is 10.6 Å². The van der Waals surface area contributed by atoms with E-state index in [1.54, 1.807) is 6.92 Å². The number of imide groups is 1. The molecule has 0 unspecified atom stereocenters. The van der Waals surface area contributed by atoms with Gasteiger partial charge in [-0.2, -0.15) is 0 Å². The summed E-state index contributed by atoms with van der Waals surface area (Å²) >= 11 is 0. The number of carbonyl (C=O) groups excluding carboxylic acids is 2. The number of nitrogens with one attached hydrogen (secondary N) is 2. The Kier molecular flexibility index (Phi) is 11.4. The Labute approximate surface area is 112 Å². The minimum absolute atomic E-state index is 0. The van der Waals surface area contributed by atoms with Crippen LogP contribution in [0.1, 0.15) is 20.3 Å². The van der Waals surface area contributed by atoms with E-state index in [2.05, 4.69) is 10.6 Å². The summed E-state index contributed by atoms with van der Waals surface area (Å²) in [5, 5.41) is 13.2. The third-order valence-corrected chi connectivity index (χ3v) is 1.86. The van der Waals surface area contributed by atoms with E-state index in [1.807, 2.05) is 6.92 Å². The summed E-state index contributed by atoms with van der Waals surface area (Å²) < 4.78 is 0. The van der Waals surface area contributed by atoms with Crippen LogP contribution in [-0.4, -0.2) is 54.1 Å². The van der Waals surface area contributed by atoms with Crippen molar-refractivity contribution < 1.29 is 19.5 Å². The van der Waals surface area contributed by atoms with Gasteiger partial charge in [0, 0.05) is 6.54 Å². The quantitative estimate of drug-likeness (QED) is 0.612. The number of carbonyl (C=O) groups is 3. The first-order valence-electron chi connectivity index (χ1n) is 5.51. The van der Waals surface area contributed by atoms with E-state index in [4.69, 9.17) is 5.11 Å². The first-order valence-corrected chi connectivity index (χ1v) is 5.51. The summed E-state index contributed by atoms with van der Waals surface area (Å²) in [5.41, 5.74) is 0. The monoisotopic (exact) mass is 281 g/mol. The predicted octanol–water partition coefficient (Wildman–Crippen LogP) is 0.0505. The van der Waals surface area contributed by atoms with Gasteiger partial charge in [0.15, 0.2) is 0 Å². The number of aliphatic carboxylic acids is 1. The summed E-state index contributed by atoms with van der Waals surface area (Å²) in [7, 11) is 0. The van der Waals surface area contributed by atoms with Crippen LogP contribution in [0.4, 0.5) is 4.79 Å². The Bertz CT molecular complexity index is 286. The summed E-state index contributed by atoms with van der Waals surface area (Å²) in [5.74, 6) is -1.50. The minimum Gasteiger partial charge on any atom is -0.480 e. The molecule has 0 aliphatic rings. The number of halogens is 1. The average molecular weight is 282 g/mol. The van der Waals surface area contributed by atoms with Gasteiger partial charge in [0.2, 0.25) is 5.91 Å². The molecule has 18 heavy (non-hydrogen) atoms. The van der Waals surface area contributed by atoms with E-state index >= 15 is 0 Å². The highest BCUT2D eigenvalue weighted by Crippen LogP contribution is 1.91. The van der Waals surface area contributed by atoms with Crippen molar-refractivity contribution in [3.63, 3.8) is 0 Å². The largest absolute Gasteiger partial charge is 0.480 e. The molecule has 0 aromatic carbocycles. The zero-order valence-corrected chi connectivity index (χ0v) is 11.4. The minimum atomic E-state index is -0.996. The first kappa shape index (κ1) is 19.0. The maximum atomic E-state index is 11.4. The van der Waals surface area contributed by atoms with Crippen molar-refractivity contribution in [3.8, 4) is 0 Å². The normalized spacial score (nSPS) is 9.50. The summed E-state index contributed by atoms with van der Waals surface area (Å²) in [6, 6.07) is -0.565. The molecule has 0 atom stereocenters. The number of amides is 3. The van der Waals surface area contributed by atoms with Gasteiger partial charge in [-0.15, -0.1) is 12.4 Å². The second kappa shape index (κ2) is 10.8. The molecule has 0 radical (unpaired) electrons. The van der Waals surface area contributed by atoms with Crippen molar-refractivity contribution in [1.82, 2.24) is 15.5 Å². The molecular formula is C10H20ClN3O4. The van der Waals surface area contributed by atoms with Crippen LogP contribution in [0.25, 0.3) is 0 Å². The lowest BCUT2D eigenvalue weighted by molar-refractivity contribution is -0.138. The lowest BCUT2D eigenvalue weighted by Crippen LogP contribution is -2.45. The maximum Gasteiger partial charge on any atom is 0.321 e. The van der Waals surface area contributed by atoms with Gasteiger partial charge in [0.1, 0.15) is 0 Å². The molecule has 0 fully saturated rings. The van der Waals surface area contributed by atoms with E-state index < -0.39 is 17.9 Å². The predicted molar refractivity (Wildman–Crippen MR) is 68.8 cm³/mol. The van der Waals surface area contributed by atoms with E-state index in [1.165, 1.54) is 4.90 Å². The van der Waals surface area contributed by atoms with E-state index in [-0.39, 0.29) is 25.5 Å². The fourth-order valence-corrected chi connectivity index (χ4v) is 1.30. The Balaban J connectivity index is 0. The topological polar surface area (TPSA) is 98.7 Å². The Hall–Kier alpha value is -1.34. The molecule has 3 amide bonds. The lowest BCUT2D eigenvalue weighted by Gasteiger charge is -2.18. The van der Waals surface area contributed by atoms with E-state index in [0.717, 1.165) is 6.42 Å². The summed E-state index contributed by atoms with van der Waals surface area (Å²) in [6.07, 6.45) is 0.738. The van der Waals surface area contributed by atoms with Crippen molar-refractivity contribution >= 4 is 30.3 Å². The molecule has 106 valence electrons.